The van der Waals surface area contributed by atoms with E-state index in [1.165, 1.54) is 13.2 Å². The van der Waals surface area contributed by atoms with Crippen LogP contribution in [0.15, 0.2) is 15.5 Å². The van der Waals surface area contributed by atoms with Crippen molar-refractivity contribution in [1.29, 1.82) is 0 Å². The number of ketones is 1. The first-order chi connectivity index (χ1) is 4.20. The molecule has 0 spiro atoms. The van der Waals surface area contributed by atoms with Crippen LogP contribution in [0.25, 0.3) is 0 Å². The first kappa shape index (κ1) is 6.48. The van der Waals surface area contributed by atoms with Crippen LogP contribution in [0.1, 0.15) is 17.4 Å². The molecule has 0 bridgehead atoms. The number of carbonyl (C=O) groups excluding carboxylic acids is 1. The number of oxazole rings is 1. The molecule has 3 nitrogen and oxygen atoms in total. The maximum atomic E-state index is 10.5. The van der Waals surface area contributed by atoms with Crippen molar-refractivity contribution in [1.82, 2.24) is 4.98 Å². The summed E-state index contributed by atoms with van der Waals surface area (Å²) in [7, 11) is 0. The molecular weight excluding hydrogens is 186 g/mol. The number of aromatic nitrogens is 1. The van der Waals surface area contributed by atoms with E-state index in [4.69, 9.17) is 4.42 Å². The van der Waals surface area contributed by atoms with Gasteiger partial charge in [-0.05, 0) is 0 Å². The summed E-state index contributed by atoms with van der Waals surface area (Å²) in [6.07, 6.45) is 1.31. The van der Waals surface area contributed by atoms with Crippen LogP contribution < -0.4 is 0 Å². The van der Waals surface area contributed by atoms with Crippen LogP contribution in [0.4, 0.5) is 0 Å². The lowest BCUT2D eigenvalue weighted by Crippen LogP contribution is -1.89. The molecule has 0 atom stereocenters. The van der Waals surface area contributed by atoms with E-state index in [1.807, 2.05) is 0 Å². The second-order valence-corrected chi connectivity index (χ2v) is 2.22. The van der Waals surface area contributed by atoms with E-state index < -0.39 is 0 Å². The van der Waals surface area contributed by atoms with E-state index in [1.54, 1.807) is 0 Å². The second kappa shape index (κ2) is 2.31. The zero-order chi connectivity index (χ0) is 6.85. The molecule has 0 N–H and O–H groups in total. The van der Waals surface area contributed by atoms with Gasteiger partial charge in [-0.15, -0.1) is 0 Å². The molecule has 9 heavy (non-hydrogen) atoms. The van der Waals surface area contributed by atoms with E-state index >= 15 is 0 Å². The quantitative estimate of drug-likeness (QED) is 0.632. The Morgan fingerprint density at radius 3 is 2.78 bits per heavy atom. The maximum absolute atomic E-state index is 10.5. The van der Waals surface area contributed by atoms with E-state index in [2.05, 4.69) is 20.9 Å². The number of Topliss-reactive ketones (excluding diaryl/α,β-unsaturated/α-hetero) is 1. The molecule has 0 aliphatic carbocycles. The fraction of sp³-hybridized carbons (Fsp3) is 0.200. The Labute approximate surface area is 60.2 Å². The molecule has 48 valence electrons. The molecule has 1 rings (SSSR count). The first-order valence-electron chi connectivity index (χ1n) is 2.32. The van der Waals surface area contributed by atoms with Crippen molar-refractivity contribution in [2.45, 2.75) is 6.92 Å². The summed E-state index contributed by atoms with van der Waals surface area (Å²) in [6, 6.07) is 0. The summed E-state index contributed by atoms with van der Waals surface area (Å²) in [4.78, 5) is 14.6. The molecule has 0 unspecified atom stereocenters. The van der Waals surface area contributed by atoms with Crippen molar-refractivity contribution in [2.75, 3.05) is 0 Å². The van der Waals surface area contributed by atoms with Crippen molar-refractivity contribution in [3.05, 3.63) is 16.8 Å². The standard InChI is InChI=1S/C5H4BrNO2/c1-3(8)4-2-9-5(6)7-4/h2H,1H3. The molecule has 1 aromatic rings. The van der Waals surface area contributed by atoms with E-state index in [9.17, 15) is 4.79 Å². The number of carbonyl (C=O) groups is 1. The summed E-state index contributed by atoms with van der Waals surface area (Å²) < 4.78 is 4.71. The Morgan fingerprint density at radius 2 is 2.56 bits per heavy atom. The molecule has 1 aromatic heterocycles. The van der Waals surface area contributed by atoms with Crippen LogP contribution in [0, 0.1) is 0 Å². The van der Waals surface area contributed by atoms with E-state index in [0.717, 1.165) is 0 Å². The van der Waals surface area contributed by atoms with Gasteiger partial charge in [0.25, 0.3) is 4.80 Å². The van der Waals surface area contributed by atoms with Gasteiger partial charge in [-0.2, -0.15) is 0 Å². The monoisotopic (exact) mass is 189 g/mol. The van der Waals surface area contributed by atoms with Crippen LogP contribution in [0.3, 0.4) is 0 Å². The van der Waals surface area contributed by atoms with Crippen molar-refractivity contribution < 1.29 is 9.21 Å². The van der Waals surface area contributed by atoms with Crippen molar-refractivity contribution >= 4 is 21.7 Å². The Hall–Kier alpha value is -0.640. The zero-order valence-corrected chi connectivity index (χ0v) is 6.31. The highest BCUT2D eigenvalue weighted by Crippen LogP contribution is 2.08. The van der Waals surface area contributed by atoms with Crippen molar-refractivity contribution in [3.8, 4) is 0 Å². The summed E-state index contributed by atoms with van der Waals surface area (Å²) in [6.45, 7) is 1.43. The molecule has 1 heterocycles. The minimum absolute atomic E-state index is 0.0931. The molecule has 0 fully saturated rings. The van der Waals surface area contributed by atoms with Gasteiger partial charge in [0.2, 0.25) is 0 Å². The number of hydrogen-bond acceptors (Lipinski definition) is 3. The molecular formula is C5H4BrNO2. The van der Waals surface area contributed by atoms with Gasteiger partial charge in [0.05, 0.1) is 0 Å². The number of nitrogens with zero attached hydrogens (tertiary/aromatic N) is 1. The third kappa shape index (κ3) is 1.38. The highest BCUT2D eigenvalue weighted by Gasteiger charge is 2.03. The smallest absolute Gasteiger partial charge is 0.264 e. The first-order valence-corrected chi connectivity index (χ1v) is 3.11. The van der Waals surface area contributed by atoms with Crippen molar-refractivity contribution in [3.63, 3.8) is 0 Å². The van der Waals surface area contributed by atoms with Crippen LogP contribution in [-0.2, 0) is 0 Å². The van der Waals surface area contributed by atoms with Crippen LogP contribution in [-0.4, -0.2) is 10.8 Å². The van der Waals surface area contributed by atoms with Gasteiger partial charge in [0.1, 0.15) is 12.0 Å². The van der Waals surface area contributed by atoms with Crippen LogP contribution >= 0.6 is 15.9 Å². The number of rotatable bonds is 1. The number of halogens is 1. The summed E-state index contributed by atoms with van der Waals surface area (Å²) >= 11 is 2.97. The van der Waals surface area contributed by atoms with Gasteiger partial charge in [0, 0.05) is 22.9 Å². The third-order valence-electron chi connectivity index (χ3n) is 0.837. The lowest BCUT2D eigenvalue weighted by Gasteiger charge is -1.77. The lowest BCUT2D eigenvalue weighted by molar-refractivity contribution is 0.101. The Morgan fingerprint density at radius 1 is 1.89 bits per heavy atom. The third-order valence-corrected chi connectivity index (χ3v) is 1.20. The highest BCUT2D eigenvalue weighted by molar-refractivity contribution is 9.10. The van der Waals surface area contributed by atoms with E-state index in [0.29, 0.717) is 10.5 Å². The Bertz CT molecular complexity index is 231. The zero-order valence-electron chi connectivity index (χ0n) is 4.72. The predicted molar refractivity (Wildman–Crippen MR) is 34.2 cm³/mol. The Kier molecular flexibility index (Phi) is 1.66. The molecule has 0 radical (unpaired) electrons. The van der Waals surface area contributed by atoms with Gasteiger partial charge in [-0.1, -0.05) is 0 Å². The average molecular weight is 190 g/mol. The fourth-order valence-electron chi connectivity index (χ4n) is 0.414. The second-order valence-electron chi connectivity index (χ2n) is 1.54. The van der Waals surface area contributed by atoms with Crippen LogP contribution in [0.2, 0.25) is 0 Å². The van der Waals surface area contributed by atoms with E-state index in [-0.39, 0.29) is 5.78 Å². The minimum atomic E-state index is -0.0931. The summed E-state index contributed by atoms with van der Waals surface area (Å²) in [5.74, 6) is -0.0931. The molecule has 0 aliphatic rings. The predicted octanol–water partition coefficient (Wildman–Crippen LogP) is 1.64. The maximum Gasteiger partial charge on any atom is 0.264 e. The lowest BCUT2D eigenvalue weighted by atomic mass is 10.4. The average Bonchev–Trinajstić information content (AvgIpc) is 2.14. The summed E-state index contributed by atoms with van der Waals surface area (Å²) in [5.41, 5.74) is 0.349. The largest absolute Gasteiger partial charge is 0.439 e. The Balaban J connectivity index is 2.98. The summed E-state index contributed by atoms with van der Waals surface area (Å²) in [5, 5.41) is 0. The van der Waals surface area contributed by atoms with Gasteiger partial charge < -0.3 is 4.42 Å². The van der Waals surface area contributed by atoms with Gasteiger partial charge in [-0.25, -0.2) is 4.98 Å². The topological polar surface area (TPSA) is 43.1 Å². The molecule has 4 heteroatoms. The fourth-order valence-corrected chi connectivity index (χ4v) is 0.698. The molecule has 0 aliphatic heterocycles. The van der Waals surface area contributed by atoms with Gasteiger partial charge in [-0.3, -0.25) is 4.79 Å². The molecule has 0 saturated carbocycles. The normalized spacial score (nSPS) is 9.56. The SMILES string of the molecule is CC(=O)c1coc(Br)n1. The van der Waals surface area contributed by atoms with Crippen LogP contribution in [0.5, 0.6) is 0 Å². The highest BCUT2D eigenvalue weighted by atomic mass is 79.9. The van der Waals surface area contributed by atoms with Crippen molar-refractivity contribution in [2.24, 2.45) is 0 Å². The molecule has 0 saturated heterocycles. The minimum Gasteiger partial charge on any atom is -0.439 e. The van der Waals surface area contributed by atoms with Gasteiger partial charge >= 0.3 is 0 Å². The molecule has 0 aromatic carbocycles. The molecule has 0 amide bonds. The number of hydrogen-bond donors (Lipinski definition) is 0. The van der Waals surface area contributed by atoms with Gasteiger partial charge in [0.15, 0.2) is 5.78 Å².